The highest BCUT2D eigenvalue weighted by atomic mass is 16.4. The number of carbonyl (C=O) groups is 1. The molecule has 82 valence electrons. The molecule has 0 aliphatic carbocycles. The van der Waals surface area contributed by atoms with Gasteiger partial charge in [0.05, 0.1) is 5.92 Å². The minimum absolute atomic E-state index is 0.423. The fraction of sp³-hybridized carbons (Fsp3) is 0.417. The van der Waals surface area contributed by atoms with Crippen molar-refractivity contribution in [2.45, 2.75) is 26.3 Å². The van der Waals surface area contributed by atoms with Crippen LogP contribution in [0.2, 0.25) is 0 Å². The second-order valence-corrected chi connectivity index (χ2v) is 3.79. The molecule has 3 N–H and O–H groups in total. The molecule has 0 fully saturated rings. The standard InChI is InChI=1S/C12H17NO2/c1-3-10(12(14)15)11(13)9-6-4-8(2)5-7-9/h4-7,10-11H,3,13H2,1-2H3,(H,14,15). The molecule has 3 heteroatoms. The van der Waals surface area contributed by atoms with Crippen LogP contribution in [-0.4, -0.2) is 11.1 Å². The van der Waals surface area contributed by atoms with Gasteiger partial charge in [-0.05, 0) is 18.9 Å². The van der Waals surface area contributed by atoms with Gasteiger partial charge in [-0.1, -0.05) is 36.8 Å². The molecule has 2 atom stereocenters. The Morgan fingerprint density at radius 2 is 1.93 bits per heavy atom. The van der Waals surface area contributed by atoms with Gasteiger partial charge in [0.15, 0.2) is 0 Å². The van der Waals surface area contributed by atoms with Crippen LogP contribution in [0.5, 0.6) is 0 Å². The van der Waals surface area contributed by atoms with Crippen LogP contribution < -0.4 is 5.73 Å². The first-order valence-electron chi connectivity index (χ1n) is 5.11. The quantitative estimate of drug-likeness (QED) is 0.794. The Morgan fingerprint density at radius 3 is 2.33 bits per heavy atom. The van der Waals surface area contributed by atoms with E-state index >= 15 is 0 Å². The van der Waals surface area contributed by atoms with E-state index in [0.29, 0.717) is 6.42 Å². The lowest BCUT2D eigenvalue weighted by molar-refractivity contribution is -0.142. The normalized spacial score (nSPS) is 14.6. The number of hydrogen-bond acceptors (Lipinski definition) is 2. The summed E-state index contributed by atoms with van der Waals surface area (Å²) < 4.78 is 0. The third-order valence-electron chi connectivity index (χ3n) is 2.65. The van der Waals surface area contributed by atoms with E-state index in [2.05, 4.69) is 0 Å². The first-order chi connectivity index (χ1) is 7.06. The molecule has 1 aromatic carbocycles. The average molecular weight is 207 g/mol. The van der Waals surface area contributed by atoms with Gasteiger partial charge in [-0.25, -0.2) is 0 Å². The zero-order valence-corrected chi connectivity index (χ0v) is 9.10. The van der Waals surface area contributed by atoms with E-state index in [4.69, 9.17) is 10.8 Å². The molecule has 0 saturated carbocycles. The van der Waals surface area contributed by atoms with Gasteiger partial charge in [0.1, 0.15) is 0 Å². The maximum atomic E-state index is 10.9. The lowest BCUT2D eigenvalue weighted by Crippen LogP contribution is -2.27. The van der Waals surface area contributed by atoms with Gasteiger partial charge >= 0.3 is 5.97 Å². The van der Waals surface area contributed by atoms with Gasteiger partial charge in [0.2, 0.25) is 0 Å². The lowest BCUT2D eigenvalue weighted by atomic mass is 9.91. The zero-order valence-electron chi connectivity index (χ0n) is 9.10. The second-order valence-electron chi connectivity index (χ2n) is 3.79. The fourth-order valence-corrected chi connectivity index (χ4v) is 1.60. The predicted octanol–water partition coefficient (Wildman–Crippen LogP) is 2.11. The molecule has 0 aliphatic heterocycles. The summed E-state index contributed by atoms with van der Waals surface area (Å²) in [5.74, 6) is -1.33. The van der Waals surface area contributed by atoms with Crippen LogP contribution in [0.15, 0.2) is 24.3 Å². The highest BCUT2D eigenvalue weighted by molar-refractivity contribution is 5.71. The van der Waals surface area contributed by atoms with E-state index in [1.165, 1.54) is 0 Å². The van der Waals surface area contributed by atoms with Crippen molar-refractivity contribution in [2.24, 2.45) is 11.7 Å². The first-order valence-corrected chi connectivity index (χ1v) is 5.11. The van der Waals surface area contributed by atoms with Crippen molar-refractivity contribution >= 4 is 5.97 Å². The molecule has 0 amide bonds. The summed E-state index contributed by atoms with van der Waals surface area (Å²) in [6.07, 6.45) is 0.546. The molecule has 1 aromatic rings. The van der Waals surface area contributed by atoms with Gasteiger partial charge in [0, 0.05) is 6.04 Å². The maximum absolute atomic E-state index is 10.9. The van der Waals surface area contributed by atoms with E-state index in [-0.39, 0.29) is 0 Å². The van der Waals surface area contributed by atoms with Crippen LogP contribution in [0.25, 0.3) is 0 Å². The van der Waals surface area contributed by atoms with Crippen LogP contribution in [0.1, 0.15) is 30.5 Å². The van der Waals surface area contributed by atoms with E-state index in [0.717, 1.165) is 11.1 Å². The Morgan fingerprint density at radius 1 is 1.40 bits per heavy atom. The summed E-state index contributed by atoms with van der Waals surface area (Å²) in [6.45, 7) is 3.83. The van der Waals surface area contributed by atoms with Crippen LogP contribution in [0.3, 0.4) is 0 Å². The van der Waals surface area contributed by atoms with Crippen molar-refractivity contribution in [3.8, 4) is 0 Å². The Hall–Kier alpha value is -1.35. The largest absolute Gasteiger partial charge is 0.481 e. The Labute approximate surface area is 89.9 Å². The molecule has 0 radical (unpaired) electrons. The van der Waals surface area contributed by atoms with Crippen LogP contribution in [-0.2, 0) is 4.79 Å². The number of benzene rings is 1. The minimum Gasteiger partial charge on any atom is -0.481 e. The van der Waals surface area contributed by atoms with Crippen molar-refractivity contribution in [1.82, 2.24) is 0 Å². The monoisotopic (exact) mass is 207 g/mol. The molecule has 0 bridgehead atoms. The molecule has 15 heavy (non-hydrogen) atoms. The average Bonchev–Trinajstić information content (AvgIpc) is 2.19. The van der Waals surface area contributed by atoms with E-state index in [9.17, 15) is 4.79 Å². The van der Waals surface area contributed by atoms with Gasteiger partial charge in [-0.15, -0.1) is 0 Å². The third kappa shape index (κ3) is 2.80. The molecule has 0 spiro atoms. The molecule has 3 nitrogen and oxygen atoms in total. The van der Waals surface area contributed by atoms with Crippen LogP contribution in [0.4, 0.5) is 0 Å². The number of carboxylic acids is 1. The highest BCUT2D eigenvalue weighted by Crippen LogP contribution is 2.22. The number of carboxylic acid groups (broad SMARTS) is 1. The van der Waals surface area contributed by atoms with Gasteiger partial charge < -0.3 is 10.8 Å². The van der Waals surface area contributed by atoms with Gasteiger partial charge in [-0.2, -0.15) is 0 Å². The molecule has 0 heterocycles. The molecule has 0 aliphatic rings. The third-order valence-corrected chi connectivity index (χ3v) is 2.65. The summed E-state index contributed by atoms with van der Waals surface area (Å²) in [5, 5.41) is 8.98. The van der Waals surface area contributed by atoms with Crippen molar-refractivity contribution in [1.29, 1.82) is 0 Å². The number of aryl methyl sites for hydroxylation is 1. The van der Waals surface area contributed by atoms with Crippen LogP contribution >= 0.6 is 0 Å². The van der Waals surface area contributed by atoms with E-state index in [1.807, 2.05) is 38.1 Å². The summed E-state index contributed by atoms with van der Waals surface area (Å²) in [6, 6.07) is 7.26. The second kappa shape index (κ2) is 4.94. The summed E-state index contributed by atoms with van der Waals surface area (Å²) in [5.41, 5.74) is 7.95. The highest BCUT2D eigenvalue weighted by Gasteiger charge is 2.24. The van der Waals surface area contributed by atoms with Crippen molar-refractivity contribution in [3.05, 3.63) is 35.4 Å². The van der Waals surface area contributed by atoms with Crippen molar-refractivity contribution < 1.29 is 9.90 Å². The number of nitrogens with two attached hydrogens (primary N) is 1. The first kappa shape index (κ1) is 11.7. The predicted molar refractivity (Wildman–Crippen MR) is 59.5 cm³/mol. The molecule has 0 saturated heterocycles. The molecular formula is C12H17NO2. The summed E-state index contributed by atoms with van der Waals surface area (Å²) >= 11 is 0. The van der Waals surface area contributed by atoms with E-state index < -0.39 is 17.9 Å². The lowest BCUT2D eigenvalue weighted by Gasteiger charge is -2.19. The Kier molecular flexibility index (Phi) is 3.86. The van der Waals surface area contributed by atoms with Gasteiger partial charge in [0.25, 0.3) is 0 Å². The Balaban J connectivity index is 2.87. The number of aliphatic carboxylic acids is 1. The number of hydrogen-bond donors (Lipinski definition) is 2. The summed E-state index contributed by atoms with van der Waals surface area (Å²) in [4.78, 5) is 10.9. The van der Waals surface area contributed by atoms with Crippen molar-refractivity contribution in [2.75, 3.05) is 0 Å². The summed E-state index contributed by atoms with van der Waals surface area (Å²) in [7, 11) is 0. The topological polar surface area (TPSA) is 63.3 Å². The minimum atomic E-state index is -0.828. The SMILES string of the molecule is CCC(C(=O)O)C(N)c1ccc(C)cc1. The molecule has 1 rings (SSSR count). The molecule has 0 aromatic heterocycles. The van der Waals surface area contributed by atoms with E-state index in [1.54, 1.807) is 0 Å². The maximum Gasteiger partial charge on any atom is 0.308 e. The van der Waals surface area contributed by atoms with Crippen molar-refractivity contribution in [3.63, 3.8) is 0 Å². The Bertz CT molecular complexity index is 332. The zero-order chi connectivity index (χ0) is 11.4. The molecular weight excluding hydrogens is 190 g/mol. The molecule has 2 unspecified atom stereocenters. The smallest absolute Gasteiger partial charge is 0.308 e. The van der Waals surface area contributed by atoms with Crippen LogP contribution in [0, 0.1) is 12.8 Å². The fourth-order valence-electron chi connectivity index (χ4n) is 1.60. The van der Waals surface area contributed by atoms with Gasteiger partial charge in [-0.3, -0.25) is 4.79 Å². The number of rotatable bonds is 4.